The lowest BCUT2D eigenvalue weighted by Crippen LogP contribution is -2.29. The first-order chi connectivity index (χ1) is 9.85. The van der Waals surface area contributed by atoms with E-state index in [4.69, 9.17) is 4.74 Å². The van der Waals surface area contributed by atoms with Gasteiger partial charge in [0.25, 0.3) is 0 Å². The van der Waals surface area contributed by atoms with Gasteiger partial charge in [-0.05, 0) is 6.42 Å². The molecule has 0 aliphatic carbocycles. The number of cyclic esters (lactones) is 1. The van der Waals surface area contributed by atoms with Crippen molar-refractivity contribution in [2.45, 2.75) is 45.4 Å². The molecule has 122 valence electrons. The van der Waals surface area contributed by atoms with Gasteiger partial charge in [-0.15, -0.1) is 0 Å². The highest BCUT2D eigenvalue weighted by molar-refractivity contribution is 7.43. The Morgan fingerprint density at radius 2 is 2.00 bits per heavy atom. The molecule has 0 aromatic rings. The molecule has 8 heteroatoms. The van der Waals surface area contributed by atoms with Gasteiger partial charge in [0.15, 0.2) is 0 Å². The zero-order chi connectivity index (χ0) is 15.9. The number of phosphoric ester groups is 1. The van der Waals surface area contributed by atoms with Crippen molar-refractivity contribution in [2.24, 2.45) is 11.8 Å². The fourth-order valence-corrected chi connectivity index (χ4v) is 2.73. The number of hydrogen-bond donors (Lipinski definition) is 0. The zero-order valence-corrected chi connectivity index (χ0v) is 13.0. The summed E-state index contributed by atoms with van der Waals surface area (Å²) < 4.78 is 19.4. The van der Waals surface area contributed by atoms with Crippen molar-refractivity contribution in [3.63, 3.8) is 0 Å². The summed E-state index contributed by atoms with van der Waals surface area (Å²) in [6.45, 7) is 1.52. The quantitative estimate of drug-likeness (QED) is 0.250. The Hall–Kier alpha value is -0.750. The molecule has 1 fully saturated rings. The van der Waals surface area contributed by atoms with Crippen LogP contribution in [0.3, 0.4) is 0 Å². The van der Waals surface area contributed by atoms with Crippen LogP contribution in [-0.2, 0) is 23.4 Å². The van der Waals surface area contributed by atoms with Gasteiger partial charge in [0, 0.05) is 12.3 Å². The molecule has 1 rings (SSSR count). The van der Waals surface area contributed by atoms with E-state index in [9.17, 15) is 23.9 Å². The van der Waals surface area contributed by atoms with E-state index < -0.39 is 32.2 Å². The highest BCUT2D eigenvalue weighted by atomic mass is 31.2. The lowest BCUT2D eigenvalue weighted by Gasteiger charge is -2.30. The van der Waals surface area contributed by atoms with E-state index in [1.165, 1.54) is 0 Å². The third kappa shape index (κ3) is 6.70. The Morgan fingerprint density at radius 3 is 2.62 bits per heavy atom. The number of carbonyl (C=O) groups is 2. The fourth-order valence-electron chi connectivity index (χ4n) is 2.35. The normalized spacial score (nSPS) is 22.3. The summed E-state index contributed by atoms with van der Waals surface area (Å²) in [4.78, 5) is 44.5. The maximum absolute atomic E-state index is 12.0. The lowest BCUT2D eigenvalue weighted by molar-refractivity contribution is -0.342. The fraction of sp³-hybridized carbons (Fsp3) is 0.846. The molecule has 1 heterocycles. The van der Waals surface area contributed by atoms with Gasteiger partial charge in [-0.25, -0.2) is 0 Å². The Bertz CT molecular complexity index is 403. The van der Waals surface area contributed by atoms with Crippen LogP contribution in [0.5, 0.6) is 0 Å². The van der Waals surface area contributed by atoms with E-state index in [-0.39, 0.29) is 18.8 Å². The molecule has 0 aromatic carbocycles. The van der Waals surface area contributed by atoms with Crippen LogP contribution >= 0.6 is 7.82 Å². The third-order valence-electron chi connectivity index (χ3n) is 3.49. The second kappa shape index (κ2) is 8.63. The molecule has 0 bridgehead atoms. The summed E-state index contributed by atoms with van der Waals surface area (Å²) in [5, 5.41) is 0. The van der Waals surface area contributed by atoms with Gasteiger partial charge < -0.3 is 23.6 Å². The van der Waals surface area contributed by atoms with E-state index in [1.807, 2.05) is 0 Å². The Labute approximate surface area is 124 Å². The van der Waals surface area contributed by atoms with Crippen LogP contribution in [0.1, 0.15) is 45.4 Å². The maximum atomic E-state index is 12.0. The van der Waals surface area contributed by atoms with E-state index in [0.29, 0.717) is 6.42 Å². The first-order valence-electron chi connectivity index (χ1n) is 7.21. The standard InChI is InChI=1S/C13H23O7P/c1-2-3-4-5-6-7-11(14)12-10(8-19-13(12)15)9-20-21(16,17)18/h10,12H,2-9H2,1H3,(H2,16,17,18)/p-2/t10-,12+/m0/s1. The number of ether oxygens (including phenoxy) is 1. The molecule has 0 saturated carbocycles. The van der Waals surface area contributed by atoms with Crippen molar-refractivity contribution in [1.82, 2.24) is 0 Å². The molecule has 0 aromatic heterocycles. The number of ketones is 1. The molecule has 0 amide bonds. The summed E-state index contributed by atoms with van der Waals surface area (Å²) in [6.07, 6.45) is 5.12. The Kier molecular flexibility index (Phi) is 7.52. The monoisotopic (exact) mass is 320 g/mol. The molecule has 1 saturated heterocycles. The van der Waals surface area contributed by atoms with Gasteiger partial charge in [-0.3, -0.25) is 9.59 Å². The van der Waals surface area contributed by atoms with Crippen molar-refractivity contribution >= 4 is 19.6 Å². The predicted octanol–water partition coefficient (Wildman–Crippen LogP) is 0.550. The first-order valence-corrected chi connectivity index (χ1v) is 8.67. The number of esters is 1. The molecular formula is C13H21O7P-2. The molecule has 2 atom stereocenters. The van der Waals surface area contributed by atoms with E-state index >= 15 is 0 Å². The van der Waals surface area contributed by atoms with Crippen molar-refractivity contribution in [1.29, 1.82) is 0 Å². The molecule has 0 unspecified atom stereocenters. The minimum atomic E-state index is -5.11. The van der Waals surface area contributed by atoms with Crippen molar-refractivity contribution in [3.05, 3.63) is 0 Å². The smallest absolute Gasteiger partial charge is 0.316 e. The van der Waals surface area contributed by atoms with Crippen LogP contribution < -0.4 is 9.79 Å². The van der Waals surface area contributed by atoms with Crippen LogP contribution in [0, 0.1) is 11.8 Å². The van der Waals surface area contributed by atoms with Crippen LogP contribution in [0.4, 0.5) is 0 Å². The van der Waals surface area contributed by atoms with E-state index in [2.05, 4.69) is 11.4 Å². The van der Waals surface area contributed by atoms with Crippen molar-refractivity contribution in [3.8, 4) is 0 Å². The minimum Gasteiger partial charge on any atom is -0.790 e. The van der Waals surface area contributed by atoms with Crippen LogP contribution in [0.25, 0.3) is 0 Å². The minimum absolute atomic E-state index is 0.0922. The molecular weight excluding hydrogens is 299 g/mol. The van der Waals surface area contributed by atoms with Crippen molar-refractivity contribution < 1.29 is 33.2 Å². The van der Waals surface area contributed by atoms with Crippen molar-refractivity contribution in [2.75, 3.05) is 13.2 Å². The number of phosphoric acid groups is 1. The SMILES string of the molecule is CCCCCCCC(=O)[C@@H]1C(=O)OC[C@H]1COP(=O)([O-])[O-]. The number of unbranched alkanes of at least 4 members (excludes halogenated alkanes) is 4. The highest BCUT2D eigenvalue weighted by Gasteiger charge is 2.41. The van der Waals surface area contributed by atoms with Crippen LogP contribution in [0.15, 0.2) is 0 Å². The van der Waals surface area contributed by atoms with Gasteiger partial charge in [0.1, 0.15) is 11.7 Å². The second-order valence-corrected chi connectivity index (χ2v) is 6.39. The summed E-state index contributed by atoms with van der Waals surface area (Å²) in [6, 6.07) is 0. The zero-order valence-electron chi connectivity index (χ0n) is 12.1. The Morgan fingerprint density at radius 1 is 1.33 bits per heavy atom. The molecule has 21 heavy (non-hydrogen) atoms. The topological polar surface area (TPSA) is 116 Å². The number of hydrogen-bond acceptors (Lipinski definition) is 7. The molecule has 0 radical (unpaired) electrons. The summed E-state index contributed by atoms with van der Waals surface area (Å²) in [7, 11) is -5.11. The lowest BCUT2D eigenvalue weighted by atomic mass is 9.89. The number of Topliss-reactive ketones (excluding diaryl/α,β-unsaturated/α-hetero) is 1. The predicted molar refractivity (Wildman–Crippen MR) is 69.9 cm³/mol. The summed E-state index contributed by atoms with van der Waals surface area (Å²) in [5.74, 6) is -2.64. The average Bonchev–Trinajstić information content (AvgIpc) is 2.76. The van der Waals surface area contributed by atoms with Gasteiger partial charge in [0.05, 0.1) is 21.0 Å². The van der Waals surface area contributed by atoms with Gasteiger partial charge in [-0.1, -0.05) is 32.6 Å². The van der Waals surface area contributed by atoms with Crippen LogP contribution in [-0.4, -0.2) is 25.0 Å². The van der Waals surface area contributed by atoms with Gasteiger partial charge in [0.2, 0.25) is 0 Å². The Balaban J connectivity index is 2.42. The second-order valence-electron chi connectivity index (χ2n) is 5.24. The number of rotatable bonds is 10. The average molecular weight is 320 g/mol. The summed E-state index contributed by atoms with van der Waals surface area (Å²) >= 11 is 0. The van der Waals surface area contributed by atoms with E-state index in [0.717, 1.165) is 25.7 Å². The molecule has 0 spiro atoms. The maximum Gasteiger partial charge on any atom is 0.316 e. The highest BCUT2D eigenvalue weighted by Crippen LogP contribution is 2.31. The third-order valence-corrected chi connectivity index (χ3v) is 3.95. The largest absolute Gasteiger partial charge is 0.790 e. The van der Waals surface area contributed by atoms with Gasteiger partial charge >= 0.3 is 5.97 Å². The summed E-state index contributed by atoms with van der Waals surface area (Å²) in [5.41, 5.74) is 0. The number of carbonyl (C=O) groups excluding carboxylic acids is 2. The molecule has 7 nitrogen and oxygen atoms in total. The first kappa shape index (κ1) is 18.3. The molecule has 1 aliphatic rings. The molecule has 0 N–H and O–H groups in total. The van der Waals surface area contributed by atoms with Gasteiger partial charge in [-0.2, -0.15) is 0 Å². The molecule has 1 aliphatic heterocycles. The van der Waals surface area contributed by atoms with E-state index in [1.54, 1.807) is 0 Å². The van der Waals surface area contributed by atoms with Crippen LogP contribution in [0.2, 0.25) is 0 Å².